The Morgan fingerprint density at radius 2 is 1.76 bits per heavy atom. The highest BCUT2D eigenvalue weighted by atomic mass is 16.6. The monoisotopic (exact) mass is 356 g/mol. The number of carbonyl (C=O) groups excluding carboxylic acids is 2. The van der Waals surface area contributed by atoms with Crippen molar-refractivity contribution in [2.45, 2.75) is 38.7 Å². The molecule has 1 aliphatic rings. The van der Waals surface area contributed by atoms with E-state index in [0.717, 1.165) is 0 Å². The summed E-state index contributed by atoms with van der Waals surface area (Å²) in [7, 11) is 4.46. The van der Waals surface area contributed by atoms with Crippen molar-refractivity contribution < 1.29 is 29.0 Å². The van der Waals surface area contributed by atoms with E-state index in [1.54, 1.807) is 21.0 Å². The van der Waals surface area contributed by atoms with Crippen LogP contribution in [0.15, 0.2) is 12.2 Å². The molecule has 0 heterocycles. The van der Waals surface area contributed by atoms with Gasteiger partial charge in [-0.1, -0.05) is 6.08 Å². The number of amides is 2. The number of rotatable bonds is 5. The summed E-state index contributed by atoms with van der Waals surface area (Å²) in [6.45, 7) is 2.34. The van der Waals surface area contributed by atoms with Gasteiger partial charge in [0.2, 0.25) is 0 Å². The number of nitrogens with zero attached hydrogens (tertiary/aromatic N) is 2. The molecule has 8 nitrogen and oxygen atoms in total. The lowest BCUT2D eigenvalue weighted by atomic mass is 9.79. The van der Waals surface area contributed by atoms with Crippen LogP contribution in [0.4, 0.5) is 9.59 Å². The molecule has 0 radical (unpaired) electrons. The van der Waals surface area contributed by atoms with Gasteiger partial charge in [-0.05, 0) is 38.7 Å². The van der Waals surface area contributed by atoms with E-state index in [2.05, 4.69) is 4.74 Å². The Bertz CT molecular complexity index is 521. The molecule has 0 fully saturated rings. The SMILES string of the molecule is COC(=O)N(C)CCN(C)C(=O)OC1/C=C/CCC(C)(C(=O)O)CC1. The first-order valence-electron chi connectivity index (χ1n) is 8.30. The number of allylic oxidation sites excluding steroid dienone is 1. The molecule has 0 saturated heterocycles. The minimum Gasteiger partial charge on any atom is -0.481 e. The van der Waals surface area contributed by atoms with Crippen LogP contribution in [-0.2, 0) is 14.3 Å². The second-order valence-electron chi connectivity index (χ2n) is 6.61. The number of ether oxygens (including phenoxy) is 2. The lowest BCUT2D eigenvalue weighted by molar-refractivity contribution is -0.149. The van der Waals surface area contributed by atoms with Gasteiger partial charge < -0.3 is 24.4 Å². The van der Waals surface area contributed by atoms with Gasteiger partial charge >= 0.3 is 18.2 Å². The molecule has 1 N–H and O–H groups in total. The predicted octanol–water partition coefficient (Wildman–Crippen LogP) is 2.34. The molecule has 0 aromatic carbocycles. The Balaban J connectivity index is 2.53. The molecular weight excluding hydrogens is 328 g/mol. The summed E-state index contributed by atoms with van der Waals surface area (Å²) in [4.78, 5) is 37.6. The third-order valence-electron chi connectivity index (χ3n) is 4.53. The molecule has 2 unspecified atom stereocenters. The zero-order valence-electron chi connectivity index (χ0n) is 15.4. The van der Waals surface area contributed by atoms with E-state index in [1.807, 2.05) is 12.2 Å². The van der Waals surface area contributed by atoms with E-state index < -0.39 is 29.7 Å². The quantitative estimate of drug-likeness (QED) is 0.760. The first kappa shape index (κ1) is 20.8. The van der Waals surface area contributed by atoms with Crippen molar-refractivity contribution in [1.29, 1.82) is 0 Å². The van der Waals surface area contributed by atoms with E-state index in [-0.39, 0.29) is 0 Å². The number of hydrogen-bond acceptors (Lipinski definition) is 5. The summed E-state index contributed by atoms with van der Waals surface area (Å²) >= 11 is 0. The first-order chi connectivity index (χ1) is 11.7. The predicted molar refractivity (Wildman–Crippen MR) is 91.3 cm³/mol. The minimum atomic E-state index is -0.823. The van der Waals surface area contributed by atoms with Gasteiger partial charge in [0.15, 0.2) is 0 Å². The Labute approximate surface area is 148 Å². The molecule has 2 amide bonds. The fourth-order valence-corrected chi connectivity index (χ4v) is 2.50. The fourth-order valence-electron chi connectivity index (χ4n) is 2.50. The van der Waals surface area contributed by atoms with Gasteiger partial charge in [0.1, 0.15) is 6.10 Å². The van der Waals surface area contributed by atoms with Crippen molar-refractivity contribution >= 4 is 18.2 Å². The van der Waals surface area contributed by atoms with Gasteiger partial charge in [-0.2, -0.15) is 0 Å². The maximum atomic E-state index is 12.2. The van der Waals surface area contributed by atoms with Gasteiger partial charge in [0, 0.05) is 27.2 Å². The fraction of sp³-hybridized carbons (Fsp3) is 0.706. The number of carboxylic acids is 1. The molecule has 25 heavy (non-hydrogen) atoms. The summed E-state index contributed by atoms with van der Waals surface area (Å²) < 4.78 is 10.0. The maximum Gasteiger partial charge on any atom is 0.410 e. The van der Waals surface area contributed by atoms with Crippen LogP contribution in [0.1, 0.15) is 32.6 Å². The third kappa shape index (κ3) is 6.28. The number of carboxylic acid groups (broad SMARTS) is 1. The molecule has 2 atom stereocenters. The van der Waals surface area contributed by atoms with E-state index in [4.69, 9.17) is 4.74 Å². The van der Waals surface area contributed by atoms with Crippen molar-refractivity contribution in [3.8, 4) is 0 Å². The maximum absolute atomic E-state index is 12.2. The Kier molecular flexibility index (Phi) is 7.73. The zero-order chi connectivity index (χ0) is 19.0. The smallest absolute Gasteiger partial charge is 0.410 e. The number of methoxy groups -OCH3 is 1. The molecule has 0 spiro atoms. The highest BCUT2D eigenvalue weighted by Crippen LogP contribution is 2.32. The van der Waals surface area contributed by atoms with E-state index in [9.17, 15) is 19.5 Å². The second-order valence-corrected chi connectivity index (χ2v) is 6.61. The van der Waals surface area contributed by atoms with E-state index in [1.165, 1.54) is 16.9 Å². The summed E-state index contributed by atoms with van der Waals surface area (Å²) in [5, 5.41) is 9.38. The molecule has 1 aliphatic carbocycles. The lowest BCUT2D eigenvalue weighted by Crippen LogP contribution is -2.39. The largest absolute Gasteiger partial charge is 0.481 e. The number of carbonyl (C=O) groups is 3. The summed E-state index contributed by atoms with van der Waals surface area (Å²) in [6, 6.07) is 0. The molecule has 142 valence electrons. The van der Waals surface area contributed by atoms with Gasteiger partial charge in [-0.15, -0.1) is 0 Å². The van der Waals surface area contributed by atoms with Crippen LogP contribution >= 0.6 is 0 Å². The van der Waals surface area contributed by atoms with Crippen LogP contribution in [-0.4, -0.2) is 73.5 Å². The van der Waals surface area contributed by atoms with E-state index >= 15 is 0 Å². The standard InChI is InChI=1S/C17H28N2O6/c1-17(14(20)21)9-6-5-7-13(8-10-17)25-16(23)19(3)12-11-18(2)15(22)24-4/h5,7,13H,6,8-12H2,1-4H3,(H,20,21)/b7-5+. The molecule has 0 aliphatic heterocycles. The van der Waals surface area contributed by atoms with Gasteiger partial charge in [-0.25, -0.2) is 9.59 Å². The summed E-state index contributed by atoms with van der Waals surface area (Å²) in [5.74, 6) is -0.823. The molecular formula is C17H28N2O6. The van der Waals surface area contributed by atoms with Crippen molar-refractivity contribution in [3.63, 3.8) is 0 Å². The van der Waals surface area contributed by atoms with Crippen molar-refractivity contribution in [2.24, 2.45) is 5.41 Å². The summed E-state index contributed by atoms with van der Waals surface area (Å²) in [6.07, 6.45) is 4.35. The van der Waals surface area contributed by atoms with Crippen LogP contribution < -0.4 is 0 Å². The number of hydrogen-bond donors (Lipinski definition) is 1. The average molecular weight is 356 g/mol. The second kappa shape index (κ2) is 9.29. The first-order valence-corrected chi connectivity index (χ1v) is 8.30. The van der Waals surface area contributed by atoms with E-state index in [0.29, 0.717) is 38.8 Å². The van der Waals surface area contributed by atoms with Crippen LogP contribution in [0.5, 0.6) is 0 Å². The van der Waals surface area contributed by atoms with Gasteiger partial charge in [-0.3, -0.25) is 4.79 Å². The topological polar surface area (TPSA) is 96.4 Å². The summed E-state index contributed by atoms with van der Waals surface area (Å²) in [5.41, 5.74) is -0.801. The molecule has 0 aromatic rings. The van der Waals surface area contributed by atoms with Crippen LogP contribution in [0.25, 0.3) is 0 Å². The lowest BCUT2D eigenvalue weighted by Gasteiger charge is -2.29. The van der Waals surface area contributed by atoms with Crippen molar-refractivity contribution in [2.75, 3.05) is 34.3 Å². The minimum absolute atomic E-state index is 0.299. The van der Waals surface area contributed by atoms with Crippen molar-refractivity contribution in [3.05, 3.63) is 12.2 Å². The van der Waals surface area contributed by atoms with Crippen molar-refractivity contribution in [1.82, 2.24) is 9.80 Å². The molecule has 0 aromatic heterocycles. The molecule has 0 saturated carbocycles. The van der Waals surface area contributed by atoms with Crippen LogP contribution in [0.2, 0.25) is 0 Å². The van der Waals surface area contributed by atoms with Gasteiger partial charge in [0.05, 0.1) is 12.5 Å². The van der Waals surface area contributed by atoms with Crippen LogP contribution in [0, 0.1) is 5.41 Å². The highest BCUT2D eigenvalue weighted by Gasteiger charge is 2.34. The Hall–Kier alpha value is -2.25. The Morgan fingerprint density at radius 1 is 1.16 bits per heavy atom. The van der Waals surface area contributed by atoms with Gasteiger partial charge in [0.25, 0.3) is 0 Å². The molecule has 8 heteroatoms. The average Bonchev–Trinajstić information content (AvgIpc) is 2.57. The normalized spacial score (nSPS) is 24.4. The number of likely N-dealkylation sites (N-methyl/N-ethyl adjacent to an activating group) is 2. The number of aliphatic carboxylic acids is 1. The third-order valence-corrected chi connectivity index (χ3v) is 4.53. The van der Waals surface area contributed by atoms with Crippen LogP contribution in [0.3, 0.4) is 0 Å². The Morgan fingerprint density at radius 3 is 2.32 bits per heavy atom. The zero-order valence-corrected chi connectivity index (χ0v) is 15.4. The molecule has 0 bridgehead atoms. The highest BCUT2D eigenvalue weighted by molar-refractivity contribution is 5.74. The molecule has 1 rings (SSSR count).